The number of rotatable bonds is 6. The van der Waals surface area contributed by atoms with Gasteiger partial charge in [0.15, 0.2) is 0 Å². The third-order valence-electron chi connectivity index (χ3n) is 5.86. The first-order valence-electron chi connectivity index (χ1n) is 11.6. The molecule has 35 heavy (non-hydrogen) atoms. The Labute approximate surface area is 211 Å². The first kappa shape index (κ1) is 26.2. The first-order chi connectivity index (χ1) is 16.7. The van der Waals surface area contributed by atoms with Gasteiger partial charge in [0.05, 0.1) is 0 Å². The molecule has 0 heterocycles. The van der Waals surface area contributed by atoms with Crippen LogP contribution < -0.4 is 7.64 Å². The zero-order valence-corrected chi connectivity index (χ0v) is 22.8. The molecule has 0 saturated carbocycles. The molecular weight excluding hydrogens is 499 g/mol. The van der Waals surface area contributed by atoms with Gasteiger partial charge in [0.25, 0.3) is 0 Å². The first-order valence-corrected chi connectivity index (χ1v) is 14.7. The summed E-state index contributed by atoms with van der Waals surface area (Å²) in [5, 5.41) is 0. The summed E-state index contributed by atoms with van der Waals surface area (Å²) >= 11 is -3.87. The van der Waals surface area contributed by atoms with E-state index in [-0.39, 0.29) is 0 Å². The average molecular weight is 534 g/mol. The fourth-order valence-corrected chi connectivity index (χ4v) is 6.08. The summed E-state index contributed by atoms with van der Waals surface area (Å²) in [4.78, 5) is 0. The Hall–Kier alpha value is -3.40. The molecule has 0 amide bonds. The van der Waals surface area contributed by atoms with Crippen LogP contribution >= 0.6 is 0 Å². The van der Waals surface area contributed by atoms with Gasteiger partial charge in [-0.05, 0) is 61.1 Å². The van der Waals surface area contributed by atoms with E-state index in [4.69, 9.17) is 16.4 Å². The number of benzene rings is 4. The topological polar surface area (TPSA) is 66.2 Å². The summed E-state index contributed by atoms with van der Waals surface area (Å²) < 4.78 is 26.1. The van der Waals surface area contributed by atoms with Crippen LogP contribution in [0.2, 0.25) is 0 Å². The number of hydrogen-bond donors (Lipinski definition) is 2. The fraction of sp³-hybridized carbons (Fsp3) is 0.200. The molecule has 0 radical (unpaired) electrons. The van der Waals surface area contributed by atoms with Crippen molar-refractivity contribution in [2.45, 2.75) is 40.5 Å². The molecule has 2 N–H and O–H groups in total. The second kappa shape index (κ2) is 11.8. The summed E-state index contributed by atoms with van der Waals surface area (Å²) in [7, 11) is 0. The Kier molecular flexibility index (Phi) is 8.86. The number of para-hydroxylation sites is 2. The second-order valence-corrected chi connectivity index (χ2v) is 11.4. The van der Waals surface area contributed by atoms with Crippen LogP contribution in [0.25, 0.3) is 0 Å². The molecule has 0 fully saturated rings. The van der Waals surface area contributed by atoms with Crippen molar-refractivity contribution in [2.75, 3.05) is 0 Å². The van der Waals surface area contributed by atoms with Gasteiger partial charge < -0.3 is 0 Å². The van der Waals surface area contributed by atoms with Crippen LogP contribution in [0.1, 0.15) is 46.2 Å². The Morgan fingerprint density at radius 2 is 0.829 bits per heavy atom. The van der Waals surface area contributed by atoms with Crippen molar-refractivity contribution >= 4 is 13.1 Å². The minimum absolute atomic E-state index is 0.465. The molecule has 0 aliphatic carbocycles. The summed E-state index contributed by atoms with van der Waals surface area (Å²) in [6.07, 6.45) is 0. The number of nitrogens with one attached hydrogen (secondary N) is 2. The summed E-state index contributed by atoms with van der Waals surface area (Å²) in [5.74, 6) is 1.45. The van der Waals surface area contributed by atoms with E-state index in [1.54, 1.807) is 48.5 Å². The molecule has 0 unspecified atom stereocenters. The van der Waals surface area contributed by atoms with Crippen molar-refractivity contribution in [1.82, 2.24) is 0 Å². The molecule has 0 atom stereocenters. The van der Waals surface area contributed by atoms with Gasteiger partial charge in [-0.3, -0.25) is 0 Å². The Balaban J connectivity index is 0.000000196. The van der Waals surface area contributed by atoms with Gasteiger partial charge in [0, 0.05) is 5.92 Å². The van der Waals surface area contributed by atoms with E-state index < -0.39 is 13.1 Å². The van der Waals surface area contributed by atoms with Crippen LogP contribution in [-0.4, -0.2) is 13.1 Å². The Morgan fingerprint density at radius 3 is 1.14 bits per heavy atom. The van der Waals surface area contributed by atoms with Crippen LogP contribution in [0.5, 0.6) is 11.5 Å². The van der Waals surface area contributed by atoms with Gasteiger partial charge in [0.1, 0.15) is 0 Å². The second-order valence-electron chi connectivity index (χ2n) is 8.63. The van der Waals surface area contributed by atoms with Gasteiger partial charge in [0.2, 0.25) is 0 Å². The van der Waals surface area contributed by atoms with E-state index >= 15 is 0 Å². The molecule has 0 spiro atoms. The third-order valence-corrected chi connectivity index (χ3v) is 7.66. The molecule has 0 aliphatic heterocycles. The molecule has 0 bridgehead atoms. The van der Waals surface area contributed by atoms with Crippen molar-refractivity contribution in [3.63, 3.8) is 0 Å². The molecule has 182 valence electrons. The third kappa shape index (κ3) is 7.29. The van der Waals surface area contributed by atoms with E-state index in [1.165, 1.54) is 33.4 Å². The SMILES string of the molecule is Cc1cccc(C)c1C(C)c1c(C)cccc1C.N=[Se](=N)(Oc1ccccc1)Oc1ccccc1. The van der Waals surface area contributed by atoms with Gasteiger partial charge in [-0.1, -0.05) is 43.3 Å². The minimum atomic E-state index is -3.87. The molecule has 4 aromatic carbocycles. The molecule has 5 heteroatoms. The van der Waals surface area contributed by atoms with Gasteiger partial charge in [-0.15, -0.1) is 0 Å². The van der Waals surface area contributed by atoms with Gasteiger partial charge in [-0.25, -0.2) is 0 Å². The Morgan fingerprint density at radius 1 is 0.514 bits per heavy atom. The van der Waals surface area contributed by atoms with E-state index in [2.05, 4.69) is 71.0 Å². The predicted octanol–water partition coefficient (Wildman–Crippen LogP) is 8.35. The molecule has 0 aromatic heterocycles. The van der Waals surface area contributed by atoms with Gasteiger partial charge in [-0.2, -0.15) is 0 Å². The number of hydrogen-bond acceptors (Lipinski definition) is 4. The maximum absolute atomic E-state index is 7.78. The van der Waals surface area contributed by atoms with Crippen LogP contribution in [0.4, 0.5) is 0 Å². The molecule has 0 aliphatic rings. The summed E-state index contributed by atoms with van der Waals surface area (Å²) in [6, 6.07) is 30.9. The predicted molar refractivity (Wildman–Crippen MR) is 145 cm³/mol. The Bertz CT molecular complexity index is 1210. The molecular formula is C30H34N2O2Se. The molecule has 0 saturated heterocycles. The summed E-state index contributed by atoms with van der Waals surface area (Å²) in [6.45, 7) is 11.2. The van der Waals surface area contributed by atoms with Crippen molar-refractivity contribution in [1.29, 1.82) is 8.76 Å². The average Bonchev–Trinajstić information content (AvgIpc) is 2.80. The monoisotopic (exact) mass is 534 g/mol. The normalized spacial score (nSPS) is 10.9. The standard InChI is InChI=1S/C18H22.C12H12N2O2Se/c1-12-8-6-9-13(2)17(12)16(5)18-14(3)10-7-11-15(18)4;13-17(14,15-11-7-3-1-4-8-11)16-12-9-5-2-6-10-12/h6-11,16H,1-5H3;1-10,13-14H. The maximum atomic E-state index is 7.78. The van der Waals surface area contributed by atoms with Crippen molar-refractivity contribution in [2.24, 2.45) is 0 Å². The van der Waals surface area contributed by atoms with E-state index in [1.807, 2.05) is 12.1 Å². The van der Waals surface area contributed by atoms with Crippen LogP contribution in [0.3, 0.4) is 0 Å². The van der Waals surface area contributed by atoms with Crippen molar-refractivity contribution in [3.05, 3.63) is 130 Å². The van der Waals surface area contributed by atoms with Crippen LogP contribution in [0.15, 0.2) is 97.1 Å². The number of aryl methyl sites for hydroxylation is 4. The molecule has 4 aromatic rings. The fourth-order valence-electron chi connectivity index (χ4n) is 4.41. The molecule has 4 nitrogen and oxygen atoms in total. The zero-order chi connectivity index (χ0) is 25.4. The van der Waals surface area contributed by atoms with E-state index in [9.17, 15) is 0 Å². The quantitative estimate of drug-likeness (QED) is 0.245. The van der Waals surface area contributed by atoms with Crippen molar-refractivity contribution in [3.8, 4) is 11.5 Å². The van der Waals surface area contributed by atoms with Crippen LogP contribution in [-0.2, 0) is 0 Å². The van der Waals surface area contributed by atoms with Crippen molar-refractivity contribution < 1.29 is 7.64 Å². The zero-order valence-electron chi connectivity index (χ0n) is 21.0. The van der Waals surface area contributed by atoms with E-state index in [0.717, 1.165) is 0 Å². The van der Waals surface area contributed by atoms with E-state index in [0.29, 0.717) is 17.4 Å². The van der Waals surface area contributed by atoms with Gasteiger partial charge >= 0.3 is 102 Å². The summed E-state index contributed by atoms with van der Waals surface area (Å²) in [5.41, 5.74) is 8.54. The molecule has 4 rings (SSSR count). The van der Waals surface area contributed by atoms with Crippen LogP contribution in [0, 0.1) is 36.5 Å².